The van der Waals surface area contributed by atoms with E-state index < -0.39 is 11.8 Å². The molecule has 0 spiro atoms. The molecule has 82 valence electrons. The lowest BCUT2D eigenvalue weighted by Crippen LogP contribution is -2.33. The Morgan fingerprint density at radius 1 is 1.13 bits per heavy atom. The molecule has 0 radical (unpaired) electrons. The minimum Gasteiger partial charge on any atom is -0.207 e. The molecule has 1 aliphatic rings. The highest BCUT2D eigenvalue weighted by atomic mass is 19.3. The third-order valence-corrected chi connectivity index (χ3v) is 3.23. The van der Waals surface area contributed by atoms with Crippen molar-refractivity contribution >= 4 is 0 Å². The molecule has 0 nitrogen and oxygen atoms in total. The van der Waals surface area contributed by atoms with Crippen LogP contribution in [0.3, 0.4) is 0 Å². The van der Waals surface area contributed by atoms with Crippen LogP contribution in [0.5, 0.6) is 0 Å². The molecule has 0 aromatic heterocycles. The summed E-state index contributed by atoms with van der Waals surface area (Å²) in [6, 6.07) is 9.62. The lowest BCUT2D eigenvalue weighted by Gasteiger charge is -2.31. The molecule has 2 heteroatoms. The Kier molecular flexibility index (Phi) is 3.03. The maximum absolute atomic E-state index is 13.6. The molecule has 0 N–H and O–H groups in total. The van der Waals surface area contributed by atoms with Crippen molar-refractivity contribution in [3.63, 3.8) is 0 Å². The number of hydrogen-bond donors (Lipinski definition) is 0. The Bertz CT molecular complexity index is 306. The van der Waals surface area contributed by atoms with E-state index >= 15 is 0 Å². The van der Waals surface area contributed by atoms with Crippen LogP contribution < -0.4 is 0 Å². The van der Waals surface area contributed by atoms with Crippen LogP contribution in [-0.4, -0.2) is 5.92 Å². The smallest absolute Gasteiger partial charge is 0.207 e. The number of alkyl halides is 2. The Morgan fingerprint density at radius 2 is 1.87 bits per heavy atom. The van der Waals surface area contributed by atoms with Crippen LogP contribution in [0.1, 0.15) is 31.2 Å². The number of rotatable bonds is 2. The standard InChI is InChI=1S/C13H16F2/c14-13(15)9-5-4-8-12(13)10-11-6-2-1-3-7-11/h1-3,6-7,12H,4-5,8-10H2. The molecule has 0 bridgehead atoms. The number of halogens is 2. The minimum atomic E-state index is -2.45. The lowest BCUT2D eigenvalue weighted by atomic mass is 9.81. The molecule has 1 aromatic carbocycles. The van der Waals surface area contributed by atoms with Gasteiger partial charge in [0.25, 0.3) is 5.92 Å². The topological polar surface area (TPSA) is 0 Å². The monoisotopic (exact) mass is 210 g/mol. The van der Waals surface area contributed by atoms with Crippen molar-refractivity contribution in [2.45, 2.75) is 38.0 Å². The molecule has 1 saturated carbocycles. The van der Waals surface area contributed by atoms with E-state index in [0.29, 0.717) is 19.3 Å². The largest absolute Gasteiger partial charge is 0.251 e. The molecular weight excluding hydrogens is 194 g/mol. The van der Waals surface area contributed by atoms with Gasteiger partial charge >= 0.3 is 0 Å². The highest BCUT2D eigenvalue weighted by Crippen LogP contribution is 2.40. The fraction of sp³-hybridized carbons (Fsp3) is 0.538. The van der Waals surface area contributed by atoms with Gasteiger partial charge in [0.15, 0.2) is 0 Å². The predicted octanol–water partition coefficient (Wildman–Crippen LogP) is 4.05. The van der Waals surface area contributed by atoms with Gasteiger partial charge in [-0.05, 0) is 24.8 Å². The fourth-order valence-corrected chi connectivity index (χ4v) is 2.32. The van der Waals surface area contributed by atoms with Crippen molar-refractivity contribution in [3.05, 3.63) is 35.9 Å². The van der Waals surface area contributed by atoms with E-state index in [9.17, 15) is 8.78 Å². The average Bonchev–Trinajstić information content (AvgIpc) is 2.23. The van der Waals surface area contributed by atoms with Gasteiger partial charge in [0.1, 0.15) is 0 Å². The Hall–Kier alpha value is -0.920. The predicted molar refractivity (Wildman–Crippen MR) is 57.1 cm³/mol. The SMILES string of the molecule is FC1(F)CCCCC1Cc1ccccc1. The van der Waals surface area contributed by atoms with Crippen LogP contribution in [0.15, 0.2) is 30.3 Å². The number of hydrogen-bond acceptors (Lipinski definition) is 0. The second kappa shape index (κ2) is 4.30. The van der Waals surface area contributed by atoms with Gasteiger partial charge in [0.2, 0.25) is 0 Å². The molecule has 1 fully saturated rings. The zero-order valence-corrected chi connectivity index (χ0v) is 8.76. The average molecular weight is 210 g/mol. The van der Waals surface area contributed by atoms with Gasteiger partial charge in [-0.3, -0.25) is 0 Å². The van der Waals surface area contributed by atoms with Gasteiger partial charge in [-0.15, -0.1) is 0 Å². The van der Waals surface area contributed by atoms with Crippen molar-refractivity contribution in [3.8, 4) is 0 Å². The van der Waals surface area contributed by atoms with E-state index in [2.05, 4.69) is 0 Å². The van der Waals surface area contributed by atoms with Gasteiger partial charge in [-0.2, -0.15) is 0 Å². The maximum Gasteiger partial charge on any atom is 0.251 e. The van der Waals surface area contributed by atoms with E-state index in [-0.39, 0.29) is 6.42 Å². The molecule has 1 aliphatic carbocycles. The molecule has 0 aliphatic heterocycles. The third kappa shape index (κ3) is 2.55. The summed E-state index contributed by atoms with van der Waals surface area (Å²) in [4.78, 5) is 0. The highest BCUT2D eigenvalue weighted by molar-refractivity contribution is 5.16. The summed E-state index contributed by atoms with van der Waals surface area (Å²) in [6.07, 6.45) is 2.89. The summed E-state index contributed by atoms with van der Waals surface area (Å²) < 4.78 is 27.1. The fourth-order valence-electron chi connectivity index (χ4n) is 2.32. The molecule has 0 amide bonds. The van der Waals surface area contributed by atoms with Crippen LogP contribution in [0.4, 0.5) is 8.78 Å². The van der Waals surface area contributed by atoms with E-state index in [1.54, 1.807) is 0 Å². The summed E-state index contributed by atoms with van der Waals surface area (Å²) in [5.41, 5.74) is 1.03. The lowest BCUT2D eigenvalue weighted by molar-refractivity contribution is -0.0851. The molecule has 2 rings (SSSR count). The van der Waals surface area contributed by atoms with Gasteiger partial charge in [-0.1, -0.05) is 36.8 Å². The van der Waals surface area contributed by atoms with E-state index in [1.165, 1.54) is 0 Å². The van der Waals surface area contributed by atoms with Crippen LogP contribution in [0, 0.1) is 5.92 Å². The summed E-state index contributed by atoms with van der Waals surface area (Å²) in [6.45, 7) is 0. The Labute approximate surface area is 89.3 Å². The second-order valence-corrected chi connectivity index (χ2v) is 4.39. The van der Waals surface area contributed by atoms with Crippen molar-refractivity contribution in [2.24, 2.45) is 5.92 Å². The third-order valence-electron chi connectivity index (χ3n) is 3.23. The zero-order valence-electron chi connectivity index (χ0n) is 8.76. The van der Waals surface area contributed by atoms with E-state index in [4.69, 9.17) is 0 Å². The van der Waals surface area contributed by atoms with Crippen LogP contribution in [0.2, 0.25) is 0 Å². The maximum atomic E-state index is 13.6. The summed E-state index contributed by atoms with van der Waals surface area (Å²) >= 11 is 0. The summed E-state index contributed by atoms with van der Waals surface area (Å²) in [5.74, 6) is -2.90. The number of benzene rings is 1. The van der Waals surface area contributed by atoms with Crippen LogP contribution >= 0.6 is 0 Å². The molecule has 1 aromatic rings. The quantitative estimate of drug-likeness (QED) is 0.690. The van der Waals surface area contributed by atoms with Crippen molar-refractivity contribution in [1.82, 2.24) is 0 Å². The van der Waals surface area contributed by atoms with Crippen LogP contribution in [-0.2, 0) is 6.42 Å². The van der Waals surface area contributed by atoms with E-state index in [0.717, 1.165) is 12.0 Å². The first-order chi connectivity index (χ1) is 7.18. The molecular formula is C13H16F2. The Morgan fingerprint density at radius 3 is 2.53 bits per heavy atom. The molecule has 0 heterocycles. The van der Waals surface area contributed by atoms with Crippen molar-refractivity contribution in [2.75, 3.05) is 0 Å². The van der Waals surface area contributed by atoms with Crippen molar-refractivity contribution in [1.29, 1.82) is 0 Å². The molecule has 1 unspecified atom stereocenters. The summed E-state index contributed by atoms with van der Waals surface area (Å²) in [7, 11) is 0. The first-order valence-electron chi connectivity index (χ1n) is 5.60. The molecule has 1 atom stereocenters. The molecule has 15 heavy (non-hydrogen) atoms. The van der Waals surface area contributed by atoms with Gasteiger partial charge < -0.3 is 0 Å². The summed E-state index contributed by atoms with van der Waals surface area (Å²) in [5, 5.41) is 0. The van der Waals surface area contributed by atoms with Gasteiger partial charge in [0, 0.05) is 12.3 Å². The van der Waals surface area contributed by atoms with Gasteiger partial charge in [-0.25, -0.2) is 8.78 Å². The molecule has 0 saturated heterocycles. The highest BCUT2D eigenvalue weighted by Gasteiger charge is 2.40. The normalized spacial score (nSPS) is 25.1. The van der Waals surface area contributed by atoms with E-state index in [1.807, 2.05) is 30.3 Å². The van der Waals surface area contributed by atoms with Crippen molar-refractivity contribution < 1.29 is 8.78 Å². The Balaban J connectivity index is 2.05. The first kappa shape index (κ1) is 10.6. The second-order valence-electron chi connectivity index (χ2n) is 4.39. The zero-order chi connectivity index (χ0) is 10.7. The van der Waals surface area contributed by atoms with Gasteiger partial charge in [0.05, 0.1) is 0 Å². The van der Waals surface area contributed by atoms with Crippen LogP contribution in [0.25, 0.3) is 0 Å². The first-order valence-corrected chi connectivity index (χ1v) is 5.60. The minimum absolute atomic E-state index is 0.0739.